The minimum Gasteiger partial charge on any atom is -0.271 e. The van der Waals surface area contributed by atoms with Crippen molar-refractivity contribution in [2.24, 2.45) is 5.84 Å². The summed E-state index contributed by atoms with van der Waals surface area (Å²) < 4.78 is 4.06. The van der Waals surface area contributed by atoms with Crippen LogP contribution in [0.2, 0.25) is 0 Å². The van der Waals surface area contributed by atoms with Gasteiger partial charge in [0.25, 0.3) is 0 Å². The molecule has 2 rings (SSSR count). The van der Waals surface area contributed by atoms with Crippen molar-refractivity contribution in [3.63, 3.8) is 0 Å². The summed E-state index contributed by atoms with van der Waals surface area (Å²) >= 11 is 1.42. The van der Waals surface area contributed by atoms with Crippen LogP contribution in [-0.4, -0.2) is 9.59 Å². The Bertz CT molecular complexity index is 509. The van der Waals surface area contributed by atoms with Crippen LogP contribution in [0.1, 0.15) is 41.1 Å². The maximum Gasteiger partial charge on any atom is 0.0840 e. The molecule has 0 bridgehead atoms. The van der Waals surface area contributed by atoms with E-state index >= 15 is 0 Å². The first-order chi connectivity index (χ1) is 8.77. The van der Waals surface area contributed by atoms with Gasteiger partial charge in [-0.2, -0.15) is 0 Å². The second kappa shape index (κ2) is 6.04. The SMILES string of the molecule is CCCc1nnsc1C(NN)c1ccccc1C. The number of nitrogens with one attached hydrogen (secondary N) is 1. The van der Waals surface area contributed by atoms with Gasteiger partial charge in [0, 0.05) is 0 Å². The molecule has 0 aliphatic carbocycles. The van der Waals surface area contributed by atoms with E-state index in [-0.39, 0.29) is 6.04 Å². The van der Waals surface area contributed by atoms with Gasteiger partial charge in [0.2, 0.25) is 0 Å². The summed E-state index contributed by atoms with van der Waals surface area (Å²) in [5, 5.41) is 4.20. The van der Waals surface area contributed by atoms with Crippen molar-refractivity contribution in [3.05, 3.63) is 46.0 Å². The van der Waals surface area contributed by atoms with E-state index in [1.54, 1.807) is 0 Å². The molecule has 0 aliphatic rings. The number of nitrogens with two attached hydrogens (primary N) is 1. The molecule has 1 aromatic carbocycles. The molecule has 5 heteroatoms. The molecule has 4 nitrogen and oxygen atoms in total. The summed E-state index contributed by atoms with van der Waals surface area (Å²) in [6, 6.07) is 8.22. The van der Waals surface area contributed by atoms with Gasteiger partial charge < -0.3 is 0 Å². The van der Waals surface area contributed by atoms with E-state index in [2.05, 4.69) is 41.0 Å². The highest BCUT2D eigenvalue weighted by molar-refractivity contribution is 7.05. The predicted molar refractivity (Wildman–Crippen MR) is 74.2 cm³/mol. The van der Waals surface area contributed by atoms with Gasteiger partial charge in [-0.05, 0) is 36.0 Å². The van der Waals surface area contributed by atoms with E-state index in [1.807, 2.05) is 12.1 Å². The van der Waals surface area contributed by atoms with Crippen LogP contribution >= 0.6 is 11.5 Å². The van der Waals surface area contributed by atoms with Gasteiger partial charge in [-0.1, -0.05) is 42.1 Å². The van der Waals surface area contributed by atoms with Crippen LogP contribution < -0.4 is 11.3 Å². The number of benzene rings is 1. The predicted octanol–water partition coefficient (Wildman–Crippen LogP) is 2.35. The molecule has 1 aromatic heterocycles. The van der Waals surface area contributed by atoms with Crippen molar-refractivity contribution < 1.29 is 0 Å². The number of aryl methyl sites for hydroxylation is 2. The van der Waals surface area contributed by atoms with Gasteiger partial charge >= 0.3 is 0 Å². The van der Waals surface area contributed by atoms with Crippen LogP contribution in [0.3, 0.4) is 0 Å². The molecule has 0 saturated heterocycles. The van der Waals surface area contributed by atoms with Crippen LogP contribution in [0.25, 0.3) is 0 Å². The Balaban J connectivity index is 2.39. The molecule has 0 aliphatic heterocycles. The normalized spacial score (nSPS) is 12.6. The first-order valence-corrected chi connectivity index (χ1v) is 6.88. The van der Waals surface area contributed by atoms with Crippen LogP contribution in [0, 0.1) is 6.92 Å². The Morgan fingerprint density at radius 1 is 1.39 bits per heavy atom. The first kappa shape index (κ1) is 13.1. The van der Waals surface area contributed by atoms with Gasteiger partial charge in [0.15, 0.2) is 0 Å². The van der Waals surface area contributed by atoms with Gasteiger partial charge in [-0.15, -0.1) is 5.10 Å². The Kier molecular flexibility index (Phi) is 4.41. The molecule has 0 fully saturated rings. The maximum absolute atomic E-state index is 5.73. The second-order valence-electron chi connectivity index (χ2n) is 4.29. The van der Waals surface area contributed by atoms with Gasteiger partial charge in [0.1, 0.15) is 0 Å². The fourth-order valence-electron chi connectivity index (χ4n) is 2.06. The number of aromatic nitrogens is 2. The third-order valence-electron chi connectivity index (χ3n) is 3.00. The van der Waals surface area contributed by atoms with Gasteiger partial charge in [-0.3, -0.25) is 5.84 Å². The van der Waals surface area contributed by atoms with Crippen molar-refractivity contribution >= 4 is 11.5 Å². The average Bonchev–Trinajstić information content (AvgIpc) is 2.82. The quantitative estimate of drug-likeness (QED) is 0.641. The summed E-state index contributed by atoms with van der Waals surface area (Å²) in [7, 11) is 0. The lowest BCUT2D eigenvalue weighted by Gasteiger charge is -2.17. The molecule has 2 aromatic rings. The van der Waals surface area contributed by atoms with Crippen LogP contribution in [0.5, 0.6) is 0 Å². The first-order valence-electron chi connectivity index (χ1n) is 6.10. The molecule has 18 heavy (non-hydrogen) atoms. The Morgan fingerprint density at radius 2 is 2.17 bits per heavy atom. The second-order valence-corrected chi connectivity index (χ2v) is 5.08. The highest BCUT2D eigenvalue weighted by atomic mass is 32.1. The zero-order chi connectivity index (χ0) is 13.0. The van der Waals surface area contributed by atoms with E-state index in [9.17, 15) is 0 Å². The molecule has 0 radical (unpaired) electrons. The molecule has 0 spiro atoms. The number of hydrogen-bond acceptors (Lipinski definition) is 5. The molecule has 1 heterocycles. The minimum atomic E-state index is -0.0206. The average molecular weight is 262 g/mol. The zero-order valence-electron chi connectivity index (χ0n) is 10.7. The Labute approximate surface area is 111 Å². The smallest absolute Gasteiger partial charge is 0.0840 e. The van der Waals surface area contributed by atoms with Crippen LogP contribution in [0.15, 0.2) is 24.3 Å². The molecule has 3 N–H and O–H groups in total. The van der Waals surface area contributed by atoms with Gasteiger partial charge in [-0.25, -0.2) is 5.43 Å². The van der Waals surface area contributed by atoms with Crippen LogP contribution in [-0.2, 0) is 6.42 Å². The van der Waals surface area contributed by atoms with Crippen molar-refractivity contribution in [3.8, 4) is 0 Å². The minimum absolute atomic E-state index is 0.0206. The fraction of sp³-hybridized carbons (Fsp3) is 0.385. The Morgan fingerprint density at radius 3 is 2.83 bits per heavy atom. The van der Waals surface area contributed by atoms with E-state index in [0.29, 0.717) is 0 Å². The molecular weight excluding hydrogens is 244 g/mol. The summed E-state index contributed by atoms with van der Waals surface area (Å²) in [6.07, 6.45) is 2.00. The number of hydrazine groups is 1. The van der Waals surface area contributed by atoms with E-state index in [0.717, 1.165) is 23.4 Å². The molecular formula is C13H18N4S. The van der Waals surface area contributed by atoms with Gasteiger partial charge in [0.05, 0.1) is 16.6 Å². The molecule has 1 unspecified atom stereocenters. The topological polar surface area (TPSA) is 63.8 Å². The number of nitrogens with zero attached hydrogens (tertiary/aromatic N) is 2. The summed E-state index contributed by atoms with van der Waals surface area (Å²) in [5.41, 5.74) is 6.34. The molecule has 0 amide bonds. The van der Waals surface area contributed by atoms with E-state index < -0.39 is 0 Å². The molecule has 96 valence electrons. The molecule has 0 saturated carbocycles. The standard InChI is InChI=1S/C13H18N4S/c1-3-6-11-13(18-17-16-11)12(15-14)10-8-5-4-7-9(10)2/h4-5,7-8,12,15H,3,6,14H2,1-2H3. The largest absolute Gasteiger partial charge is 0.271 e. The van der Waals surface area contributed by atoms with Crippen molar-refractivity contribution in [2.45, 2.75) is 32.7 Å². The van der Waals surface area contributed by atoms with Crippen molar-refractivity contribution in [1.29, 1.82) is 0 Å². The summed E-state index contributed by atoms with van der Waals surface area (Å²) in [4.78, 5) is 1.12. The molecule has 1 atom stereocenters. The lowest BCUT2D eigenvalue weighted by atomic mass is 9.99. The summed E-state index contributed by atoms with van der Waals surface area (Å²) in [6.45, 7) is 4.23. The van der Waals surface area contributed by atoms with Crippen LogP contribution in [0.4, 0.5) is 0 Å². The Hall–Kier alpha value is -1.30. The van der Waals surface area contributed by atoms with E-state index in [1.165, 1.54) is 22.7 Å². The third kappa shape index (κ3) is 2.58. The highest BCUT2D eigenvalue weighted by Crippen LogP contribution is 2.28. The third-order valence-corrected chi connectivity index (χ3v) is 3.83. The zero-order valence-corrected chi connectivity index (χ0v) is 11.5. The highest BCUT2D eigenvalue weighted by Gasteiger charge is 2.20. The maximum atomic E-state index is 5.73. The lowest BCUT2D eigenvalue weighted by molar-refractivity contribution is 0.633. The summed E-state index contributed by atoms with van der Waals surface area (Å²) in [5.74, 6) is 5.73. The monoisotopic (exact) mass is 262 g/mol. The number of hydrogen-bond donors (Lipinski definition) is 2. The van der Waals surface area contributed by atoms with E-state index in [4.69, 9.17) is 5.84 Å². The number of rotatable bonds is 5. The lowest BCUT2D eigenvalue weighted by Crippen LogP contribution is -2.29. The fourth-order valence-corrected chi connectivity index (χ4v) is 2.84. The van der Waals surface area contributed by atoms with Crippen molar-refractivity contribution in [2.75, 3.05) is 0 Å². The van der Waals surface area contributed by atoms with Crippen molar-refractivity contribution in [1.82, 2.24) is 15.0 Å².